The number of nitrogens with one attached hydrogen (secondary N) is 1. The van der Waals surface area contributed by atoms with Crippen molar-refractivity contribution < 1.29 is 8.42 Å². The Morgan fingerprint density at radius 2 is 1.84 bits per heavy atom. The minimum absolute atomic E-state index is 0.102. The zero-order valence-corrected chi connectivity index (χ0v) is 16.2. The Labute approximate surface area is 159 Å². The van der Waals surface area contributed by atoms with E-state index in [0.29, 0.717) is 30.5 Å². The minimum Gasteiger partial charge on any atom is -0.368 e. The second-order valence-corrected chi connectivity index (χ2v) is 9.99. The van der Waals surface area contributed by atoms with Crippen LogP contribution >= 0.6 is 34.5 Å². The van der Waals surface area contributed by atoms with Crippen LogP contribution in [0.5, 0.6) is 0 Å². The molecule has 3 aromatic rings. The fourth-order valence-electron chi connectivity index (χ4n) is 3.15. The van der Waals surface area contributed by atoms with Crippen LogP contribution in [0.15, 0.2) is 41.4 Å². The first-order valence-corrected chi connectivity index (χ1v) is 10.7. The maximum atomic E-state index is 12.8. The summed E-state index contributed by atoms with van der Waals surface area (Å²) in [5.41, 5.74) is 2.19. The van der Waals surface area contributed by atoms with Gasteiger partial charge in [0, 0.05) is 49.0 Å². The summed E-state index contributed by atoms with van der Waals surface area (Å²) in [5.74, 6) is 0. The number of hydrogen-bond acceptors (Lipinski definition) is 4. The van der Waals surface area contributed by atoms with Crippen LogP contribution in [0.3, 0.4) is 0 Å². The van der Waals surface area contributed by atoms with Gasteiger partial charge in [0.2, 0.25) is 10.0 Å². The highest BCUT2D eigenvalue weighted by Gasteiger charge is 2.31. The van der Waals surface area contributed by atoms with E-state index in [-0.39, 0.29) is 9.23 Å². The molecular weight excluding hydrogens is 401 g/mol. The highest BCUT2D eigenvalue weighted by atomic mass is 35.5. The first kappa shape index (κ1) is 17.2. The van der Waals surface area contributed by atoms with E-state index in [9.17, 15) is 8.42 Å². The number of benzene rings is 1. The molecule has 1 aliphatic heterocycles. The lowest BCUT2D eigenvalue weighted by atomic mass is 10.2. The highest BCUT2D eigenvalue weighted by molar-refractivity contribution is 7.89. The zero-order chi connectivity index (χ0) is 17.6. The Balaban J connectivity index is 1.55. The molecule has 5 nitrogen and oxygen atoms in total. The normalized spacial score (nSPS) is 16.6. The van der Waals surface area contributed by atoms with Crippen molar-refractivity contribution in [1.82, 2.24) is 9.29 Å². The van der Waals surface area contributed by atoms with E-state index in [2.05, 4.69) is 16.0 Å². The molecule has 1 fully saturated rings. The van der Waals surface area contributed by atoms with Crippen LogP contribution in [0, 0.1) is 0 Å². The number of piperazine rings is 1. The number of fused-ring (bicyclic) bond motifs is 1. The molecule has 0 aliphatic carbocycles. The molecule has 1 aliphatic rings. The molecule has 0 radical (unpaired) electrons. The van der Waals surface area contributed by atoms with Crippen LogP contribution in [0.25, 0.3) is 10.9 Å². The summed E-state index contributed by atoms with van der Waals surface area (Å²) in [4.78, 5) is 5.52. The zero-order valence-electron chi connectivity index (χ0n) is 13.1. The molecule has 0 amide bonds. The van der Waals surface area contributed by atoms with Gasteiger partial charge in [0.05, 0.1) is 4.34 Å². The topological polar surface area (TPSA) is 56.4 Å². The predicted molar refractivity (Wildman–Crippen MR) is 104 cm³/mol. The Bertz CT molecular complexity index is 1020. The molecule has 4 rings (SSSR count). The summed E-state index contributed by atoms with van der Waals surface area (Å²) in [6.07, 6.45) is 1.91. The van der Waals surface area contributed by atoms with Crippen molar-refractivity contribution >= 4 is 61.2 Å². The molecule has 3 heterocycles. The summed E-state index contributed by atoms with van der Waals surface area (Å²) >= 11 is 13.0. The number of sulfonamides is 1. The highest BCUT2D eigenvalue weighted by Crippen LogP contribution is 2.36. The van der Waals surface area contributed by atoms with Crippen LogP contribution in [-0.2, 0) is 10.0 Å². The molecule has 0 saturated carbocycles. The summed E-state index contributed by atoms with van der Waals surface area (Å²) in [6, 6.07) is 9.57. The Kier molecular flexibility index (Phi) is 4.45. The monoisotopic (exact) mass is 415 g/mol. The van der Waals surface area contributed by atoms with Crippen molar-refractivity contribution in [2.24, 2.45) is 0 Å². The molecular formula is C16H15Cl2N3O2S2. The van der Waals surface area contributed by atoms with Crippen LogP contribution in [0.4, 0.5) is 5.69 Å². The summed E-state index contributed by atoms with van der Waals surface area (Å²) < 4.78 is 27.7. The van der Waals surface area contributed by atoms with Gasteiger partial charge in [0.15, 0.2) is 0 Å². The number of H-pyrrole nitrogens is 1. The molecule has 1 saturated heterocycles. The third-order valence-electron chi connectivity index (χ3n) is 4.39. The molecule has 25 heavy (non-hydrogen) atoms. The third kappa shape index (κ3) is 3.04. The first-order valence-electron chi connectivity index (χ1n) is 7.73. The molecule has 0 spiro atoms. The van der Waals surface area contributed by atoms with Crippen LogP contribution in [0.2, 0.25) is 8.67 Å². The van der Waals surface area contributed by atoms with E-state index in [0.717, 1.165) is 27.9 Å². The van der Waals surface area contributed by atoms with Crippen LogP contribution in [-0.4, -0.2) is 43.9 Å². The Hall–Kier alpha value is -1.25. The number of nitrogens with zero attached hydrogens (tertiary/aromatic N) is 2. The number of halogens is 2. The average molecular weight is 416 g/mol. The number of aromatic amines is 1. The van der Waals surface area contributed by atoms with E-state index < -0.39 is 10.0 Å². The van der Waals surface area contributed by atoms with Gasteiger partial charge in [-0.15, -0.1) is 11.3 Å². The Morgan fingerprint density at radius 1 is 1.08 bits per heavy atom. The molecule has 1 N–H and O–H groups in total. The number of anilines is 1. The lowest BCUT2D eigenvalue weighted by molar-refractivity contribution is 0.385. The largest absolute Gasteiger partial charge is 0.368 e. The number of hydrogen-bond donors (Lipinski definition) is 1. The molecule has 1 aromatic carbocycles. The summed E-state index contributed by atoms with van der Waals surface area (Å²) in [7, 11) is -3.61. The van der Waals surface area contributed by atoms with Gasteiger partial charge < -0.3 is 9.88 Å². The number of thiophene rings is 1. The van der Waals surface area contributed by atoms with E-state index >= 15 is 0 Å². The van der Waals surface area contributed by atoms with E-state index in [1.54, 1.807) is 0 Å². The smallest absolute Gasteiger partial charge is 0.245 e. The van der Waals surface area contributed by atoms with Gasteiger partial charge in [-0.3, -0.25) is 0 Å². The van der Waals surface area contributed by atoms with Gasteiger partial charge in [-0.25, -0.2) is 8.42 Å². The molecule has 2 aromatic heterocycles. The van der Waals surface area contributed by atoms with Crippen molar-refractivity contribution in [3.05, 3.63) is 45.2 Å². The first-order chi connectivity index (χ1) is 12.0. The van der Waals surface area contributed by atoms with Gasteiger partial charge in [0.1, 0.15) is 9.23 Å². The maximum absolute atomic E-state index is 12.8. The SMILES string of the molecule is O=S(=O)(c1cc(Cl)sc1Cl)N1CCN(c2cccc3[nH]ccc23)CC1. The van der Waals surface area contributed by atoms with Gasteiger partial charge in [-0.05, 0) is 24.3 Å². The lowest BCUT2D eigenvalue weighted by Crippen LogP contribution is -2.48. The van der Waals surface area contributed by atoms with Crippen molar-refractivity contribution in [3.8, 4) is 0 Å². The van der Waals surface area contributed by atoms with Gasteiger partial charge in [0.25, 0.3) is 0 Å². The number of aromatic nitrogens is 1. The second kappa shape index (κ2) is 6.48. The minimum atomic E-state index is -3.61. The third-order valence-corrected chi connectivity index (χ3v) is 8.05. The van der Waals surface area contributed by atoms with Crippen molar-refractivity contribution in [1.29, 1.82) is 0 Å². The fourth-order valence-corrected chi connectivity index (χ4v) is 6.69. The van der Waals surface area contributed by atoms with E-state index in [1.165, 1.54) is 10.4 Å². The summed E-state index contributed by atoms with van der Waals surface area (Å²) in [6.45, 7) is 2.07. The molecule has 132 valence electrons. The van der Waals surface area contributed by atoms with Crippen molar-refractivity contribution in [3.63, 3.8) is 0 Å². The second-order valence-electron chi connectivity index (χ2n) is 5.80. The summed E-state index contributed by atoms with van der Waals surface area (Å²) in [5, 5.41) is 1.14. The molecule has 0 unspecified atom stereocenters. The van der Waals surface area contributed by atoms with Crippen molar-refractivity contribution in [2.75, 3.05) is 31.1 Å². The van der Waals surface area contributed by atoms with Gasteiger partial charge in [-0.1, -0.05) is 29.3 Å². The standard InChI is InChI=1S/C16H15Cl2N3O2S2/c17-15-10-14(16(18)24-15)25(22,23)21-8-6-20(7-9-21)13-3-1-2-12-11(13)4-5-19-12/h1-5,10,19H,6-9H2. The Morgan fingerprint density at radius 3 is 2.52 bits per heavy atom. The molecule has 0 atom stereocenters. The number of rotatable bonds is 3. The van der Waals surface area contributed by atoms with Crippen molar-refractivity contribution in [2.45, 2.75) is 4.90 Å². The maximum Gasteiger partial charge on any atom is 0.245 e. The van der Waals surface area contributed by atoms with Gasteiger partial charge >= 0.3 is 0 Å². The fraction of sp³-hybridized carbons (Fsp3) is 0.250. The predicted octanol–water partition coefficient (Wildman–Crippen LogP) is 4.05. The molecule has 9 heteroatoms. The molecule has 0 bridgehead atoms. The lowest BCUT2D eigenvalue weighted by Gasteiger charge is -2.35. The van der Waals surface area contributed by atoms with E-state index in [1.807, 2.05) is 24.4 Å². The van der Waals surface area contributed by atoms with Crippen LogP contribution in [0.1, 0.15) is 0 Å². The van der Waals surface area contributed by atoms with Crippen LogP contribution < -0.4 is 4.90 Å². The van der Waals surface area contributed by atoms with Gasteiger partial charge in [-0.2, -0.15) is 4.31 Å². The average Bonchev–Trinajstić information content (AvgIpc) is 3.21. The quantitative estimate of drug-likeness (QED) is 0.701. The van der Waals surface area contributed by atoms with E-state index in [4.69, 9.17) is 23.2 Å².